The van der Waals surface area contributed by atoms with E-state index in [-0.39, 0.29) is 0 Å². The van der Waals surface area contributed by atoms with Crippen molar-refractivity contribution in [3.63, 3.8) is 0 Å². The van der Waals surface area contributed by atoms with E-state index in [1.807, 2.05) is 49.7 Å². The number of nitrogens with zero attached hydrogens (tertiary/aromatic N) is 4. The standard InChI is InChI=1S/C14H16N6/c1-9-5-4-6-12(17-9)18-13-7-11(15-3)14-16-8-10(2)20(14)19-13/h4-8,15H,1-3H3,(H,17,18,19). The number of aromatic nitrogens is 4. The van der Waals surface area contributed by atoms with Gasteiger partial charge in [-0.1, -0.05) is 6.07 Å². The van der Waals surface area contributed by atoms with Gasteiger partial charge in [-0.05, 0) is 26.0 Å². The van der Waals surface area contributed by atoms with E-state index >= 15 is 0 Å². The fraction of sp³-hybridized carbons (Fsp3) is 0.214. The van der Waals surface area contributed by atoms with Crippen molar-refractivity contribution in [2.45, 2.75) is 13.8 Å². The van der Waals surface area contributed by atoms with Crippen molar-refractivity contribution in [1.82, 2.24) is 19.6 Å². The molecule has 0 amide bonds. The van der Waals surface area contributed by atoms with Crippen molar-refractivity contribution in [3.05, 3.63) is 41.9 Å². The molecule has 102 valence electrons. The molecule has 0 unspecified atom stereocenters. The highest BCUT2D eigenvalue weighted by molar-refractivity contribution is 5.71. The van der Waals surface area contributed by atoms with Crippen LogP contribution < -0.4 is 10.6 Å². The largest absolute Gasteiger partial charge is 0.385 e. The smallest absolute Gasteiger partial charge is 0.177 e. The van der Waals surface area contributed by atoms with Gasteiger partial charge in [-0.15, -0.1) is 5.10 Å². The van der Waals surface area contributed by atoms with Gasteiger partial charge in [0, 0.05) is 18.8 Å². The predicted octanol–water partition coefficient (Wildman–Crippen LogP) is 2.53. The third kappa shape index (κ3) is 2.16. The van der Waals surface area contributed by atoms with Gasteiger partial charge in [-0.25, -0.2) is 14.5 Å². The molecule has 6 heteroatoms. The van der Waals surface area contributed by atoms with Gasteiger partial charge in [-0.2, -0.15) is 0 Å². The summed E-state index contributed by atoms with van der Waals surface area (Å²) in [6.45, 7) is 3.93. The average molecular weight is 268 g/mol. The molecule has 3 aromatic rings. The van der Waals surface area contributed by atoms with Crippen LogP contribution in [0.2, 0.25) is 0 Å². The molecule has 3 heterocycles. The number of anilines is 3. The quantitative estimate of drug-likeness (QED) is 0.764. The molecule has 0 radical (unpaired) electrons. The molecular formula is C14H16N6. The second-order valence-corrected chi connectivity index (χ2v) is 4.62. The molecule has 0 bridgehead atoms. The molecule has 20 heavy (non-hydrogen) atoms. The van der Waals surface area contributed by atoms with E-state index in [1.165, 1.54) is 0 Å². The number of nitrogens with one attached hydrogen (secondary N) is 2. The molecule has 6 nitrogen and oxygen atoms in total. The summed E-state index contributed by atoms with van der Waals surface area (Å²) in [6, 6.07) is 7.76. The summed E-state index contributed by atoms with van der Waals surface area (Å²) in [5, 5.41) is 10.9. The average Bonchev–Trinajstić information content (AvgIpc) is 2.80. The van der Waals surface area contributed by atoms with E-state index in [2.05, 4.69) is 25.7 Å². The van der Waals surface area contributed by atoms with Crippen LogP contribution in [0.25, 0.3) is 5.65 Å². The third-order valence-corrected chi connectivity index (χ3v) is 3.05. The van der Waals surface area contributed by atoms with E-state index in [4.69, 9.17) is 0 Å². The zero-order valence-corrected chi connectivity index (χ0v) is 11.7. The maximum atomic E-state index is 4.53. The number of fused-ring (bicyclic) bond motifs is 1. The van der Waals surface area contributed by atoms with Gasteiger partial charge >= 0.3 is 0 Å². The number of pyridine rings is 1. The molecule has 0 atom stereocenters. The Balaban J connectivity index is 2.05. The third-order valence-electron chi connectivity index (χ3n) is 3.05. The maximum Gasteiger partial charge on any atom is 0.177 e. The van der Waals surface area contributed by atoms with E-state index in [1.54, 1.807) is 6.20 Å². The Hall–Kier alpha value is -2.63. The van der Waals surface area contributed by atoms with E-state index < -0.39 is 0 Å². The first-order valence-electron chi connectivity index (χ1n) is 6.41. The lowest BCUT2D eigenvalue weighted by Gasteiger charge is -2.09. The topological polar surface area (TPSA) is 67.1 Å². The van der Waals surface area contributed by atoms with Gasteiger partial charge < -0.3 is 10.6 Å². The van der Waals surface area contributed by atoms with Crippen LogP contribution in [0.4, 0.5) is 17.3 Å². The van der Waals surface area contributed by atoms with Crippen molar-refractivity contribution in [1.29, 1.82) is 0 Å². The van der Waals surface area contributed by atoms with E-state index in [9.17, 15) is 0 Å². The number of hydrogen-bond donors (Lipinski definition) is 2. The van der Waals surface area contributed by atoms with Gasteiger partial charge in [0.05, 0.1) is 17.6 Å². The minimum Gasteiger partial charge on any atom is -0.385 e. The van der Waals surface area contributed by atoms with Gasteiger partial charge in [-0.3, -0.25) is 0 Å². The molecular weight excluding hydrogens is 252 g/mol. The lowest BCUT2D eigenvalue weighted by Crippen LogP contribution is -2.04. The molecule has 0 aliphatic rings. The minimum atomic E-state index is 0.723. The molecule has 0 spiro atoms. The highest BCUT2D eigenvalue weighted by Crippen LogP contribution is 2.21. The summed E-state index contributed by atoms with van der Waals surface area (Å²) < 4.78 is 1.81. The van der Waals surface area contributed by atoms with Gasteiger partial charge in [0.25, 0.3) is 0 Å². The highest BCUT2D eigenvalue weighted by Gasteiger charge is 2.08. The lowest BCUT2D eigenvalue weighted by atomic mass is 10.3. The summed E-state index contributed by atoms with van der Waals surface area (Å²) in [6.07, 6.45) is 1.80. The molecule has 3 rings (SSSR count). The van der Waals surface area contributed by atoms with E-state index in [0.29, 0.717) is 0 Å². The molecule has 0 fully saturated rings. The SMILES string of the molecule is CNc1cc(Nc2cccc(C)n2)nn2c(C)cnc12. The Bertz CT molecular complexity index is 761. The van der Waals surface area contributed by atoms with Crippen LogP contribution in [0.5, 0.6) is 0 Å². The molecule has 2 N–H and O–H groups in total. The van der Waals surface area contributed by atoms with E-state index in [0.717, 1.165) is 34.4 Å². The number of hydrogen-bond acceptors (Lipinski definition) is 5. The maximum absolute atomic E-state index is 4.53. The van der Waals surface area contributed by atoms with Crippen LogP contribution >= 0.6 is 0 Å². The van der Waals surface area contributed by atoms with Gasteiger partial charge in [0.1, 0.15) is 5.82 Å². The summed E-state index contributed by atoms with van der Waals surface area (Å²) in [5.41, 5.74) is 3.68. The molecule has 0 aliphatic carbocycles. The van der Waals surface area contributed by atoms with Crippen LogP contribution in [-0.2, 0) is 0 Å². The molecule has 0 saturated heterocycles. The molecule has 3 aromatic heterocycles. The van der Waals surface area contributed by atoms with Gasteiger partial charge in [0.15, 0.2) is 11.5 Å². The van der Waals surface area contributed by atoms with Crippen LogP contribution in [0.15, 0.2) is 30.5 Å². The summed E-state index contributed by atoms with van der Waals surface area (Å²) in [5.74, 6) is 1.50. The number of imidazole rings is 1. The summed E-state index contributed by atoms with van der Waals surface area (Å²) in [7, 11) is 1.87. The zero-order valence-electron chi connectivity index (χ0n) is 11.7. The normalized spacial score (nSPS) is 10.8. The zero-order chi connectivity index (χ0) is 14.1. The molecule has 0 aromatic carbocycles. The second-order valence-electron chi connectivity index (χ2n) is 4.62. The fourth-order valence-corrected chi connectivity index (χ4v) is 2.07. The van der Waals surface area contributed by atoms with Crippen LogP contribution in [-0.4, -0.2) is 26.6 Å². The van der Waals surface area contributed by atoms with Crippen molar-refractivity contribution < 1.29 is 0 Å². The molecule has 0 aliphatic heterocycles. The first-order valence-corrected chi connectivity index (χ1v) is 6.41. The Morgan fingerprint density at radius 2 is 2.00 bits per heavy atom. The fourth-order valence-electron chi connectivity index (χ4n) is 2.07. The minimum absolute atomic E-state index is 0.723. The van der Waals surface area contributed by atoms with Crippen molar-refractivity contribution in [2.24, 2.45) is 0 Å². The number of aryl methyl sites for hydroxylation is 2. The van der Waals surface area contributed by atoms with Crippen LogP contribution in [0.3, 0.4) is 0 Å². The Kier molecular flexibility index (Phi) is 2.98. The van der Waals surface area contributed by atoms with Gasteiger partial charge in [0.2, 0.25) is 0 Å². The second kappa shape index (κ2) is 4.80. The van der Waals surface area contributed by atoms with Crippen molar-refractivity contribution in [3.8, 4) is 0 Å². The van der Waals surface area contributed by atoms with Crippen LogP contribution in [0, 0.1) is 13.8 Å². The Morgan fingerprint density at radius 1 is 1.15 bits per heavy atom. The highest BCUT2D eigenvalue weighted by atomic mass is 15.3. The molecule has 0 saturated carbocycles. The Morgan fingerprint density at radius 3 is 2.75 bits per heavy atom. The Labute approximate surface area is 116 Å². The number of rotatable bonds is 3. The van der Waals surface area contributed by atoms with Crippen molar-refractivity contribution >= 4 is 23.0 Å². The lowest BCUT2D eigenvalue weighted by molar-refractivity contribution is 0.905. The summed E-state index contributed by atoms with van der Waals surface area (Å²) in [4.78, 5) is 8.76. The first-order chi connectivity index (χ1) is 9.67. The van der Waals surface area contributed by atoms with Crippen LogP contribution in [0.1, 0.15) is 11.4 Å². The monoisotopic (exact) mass is 268 g/mol. The predicted molar refractivity (Wildman–Crippen MR) is 79.5 cm³/mol. The summed E-state index contributed by atoms with van der Waals surface area (Å²) >= 11 is 0. The van der Waals surface area contributed by atoms with Crippen molar-refractivity contribution in [2.75, 3.05) is 17.7 Å². The first kappa shape index (κ1) is 12.4.